The van der Waals surface area contributed by atoms with Gasteiger partial charge in [0.25, 0.3) is 0 Å². The minimum absolute atomic E-state index is 0.0115. The van der Waals surface area contributed by atoms with E-state index >= 15 is 0 Å². The molecule has 2 fully saturated rings. The lowest BCUT2D eigenvalue weighted by Gasteiger charge is -2.38. The van der Waals surface area contributed by atoms with Crippen LogP contribution in [0, 0.1) is 11.3 Å². The number of ether oxygens (including phenoxy) is 1. The minimum Gasteiger partial charge on any atom is -0.444 e. The van der Waals surface area contributed by atoms with Crippen molar-refractivity contribution in [2.45, 2.75) is 77.1 Å². The molecule has 2 aliphatic rings. The second-order valence-corrected chi connectivity index (χ2v) is 8.69. The van der Waals surface area contributed by atoms with E-state index in [0.29, 0.717) is 25.1 Å². The Kier molecular flexibility index (Phi) is 5.93. The van der Waals surface area contributed by atoms with Gasteiger partial charge in [-0.05, 0) is 70.6 Å². The Labute approximate surface area is 167 Å². The summed E-state index contributed by atoms with van der Waals surface area (Å²) in [5.41, 5.74) is 1.02. The van der Waals surface area contributed by atoms with Gasteiger partial charge in [-0.25, -0.2) is 4.79 Å². The predicted octanol–water partition coefficient (Wildman–Crippen LogP) is 3.84. The molecule has 0 spiro atoms. The summed E-state index contributed by atoms with van der Waals surface area (Å²) in [7, 11) is 0. The monoisotopic (exact) mass is 383 g/mol. The van der Waals surface area contributed by atoms with Crippen molar-refractivity contribution in [1.29, 1.82) is 5.26 Å². The molecule has 0 radical (unpaired) electrons. The number of likely N-dealkylation sites (tertiary alicyclic amines) is 1. The molecular weight excluding hydrogens is 354 g/mol. The quantitative estimate of drug-likeness (QED) is 0.792. The van der Waals surface area contributed by atoms with Gasteiger partial charge < -0.3 is 9.64 Å². The number of carbonyl (C=O) groups is 2. The fraction of sp³-hybridized carbons (Fsp3) is 0.591. The molecular formula is C22H29N3O3. The summed E-state index contributed by atoms with van der Waals surface area (Å²) in [5, 5.41) is 8.96. The largest absolute Gasteiger partial charge is 0.444 e. The Balaban J connectivity index is 1.75. The van der Waals surface area contributed by atoms with Crippen molar-refractivity contribution in [2.75, 3.05) is 6.54 Å². The minimum atomic E-state index is -0.583. The number of piperidine rings is 1. The molecule has 1 saturated heterocycles. The highest BCUT2D eigenvalue weighted by Crippen LogP contribution is 2.31. The molecule has 0 aromatic heterocycles. The van der Waals surface area contributed by atoms with E-state index in [1.807, 2.05) is 37.8 Å². The highest BCUT2D eigenvalue weighted by atomic mass is 16.6. The molecule has 1 atom stereocenters. The maximum Gasteiger partial charge on any atom is 0.410 e. The highest BCUT2D eigenvalue weighted by molar-refractivity contribution is 5.86. The summed E-state index contributed by atoms with van der Waals surface area (Å²) < 4.78 is 5.54. The third kappa shape index (κ3) is 5.03. The third-order valence-electron chi connectivity index (χ3n) is 5.12. The van der Waals surface area contributed by atoms with Gasteiger partial charge in [0.2, 0.25) is 5.91 Å². The first kappa shape index (κ1) is 20.2. The first-order valence-electron chi connectivity index (χ1n) is 10.1. The summed E-state index contributed by atoms with van der Waals surface area (Å²) in [6.07, 6.45) is 4.10. The molecule has 3 rings (SSSR count). The number of benzene rings is 1. The molecule has 0 N–H and O–H groups in total. The number of hydrogen-bond donors (Lipinski definition) is 0. The van der Waals surface area contributed by atoms with Gasteiger partial charge in [-0.1, -0.05) is 12.1 Å². The van der Waals surface area contributed by atoms with Crippen LogP contribution in [0.2, 0.25) is 0 Å². The van der Waals surface area contributed by atoms with Gasteiger partial charge >= 0.3 is 6.09 Å². The maximum absolute atomic E-state index is 13.4. The third-order valence-corrected chi connectivity index (χ3v) is 5.12. The molecule has 1 aromatic carbocycles. The summed E-state index contributed by atoms with van der Waals surface area (Å²) in [6.45, 7) is 6.59. The van der Waals surface area contributed by atoms with Crippen LogP contribution in [0.15, 0.2) is 24.3 Å². The lowest BCUT2D eigenvalue weighted by atomic mass is 10.0. The lowest BCUT2D eigenvalue weighted by Crippen LogP contribution is -2.54. The van der Waals surface area contributed by atoms with Crippen LogP contribution >= 0.6 is 0 Å². The highest BCUT2D eigenvalue weighted by Gasteiger charge is 2.41. The standard InChI is InChI=1S/C22H29N3O3/c1-22(2,3)28-21(27)24-13-5-4-6-19(24)20(26)25(18-11-12-18)15-17-9-7-16(14-23)8-10-17/h7-10,18-19H,4-6,11-13,15H2,1-3H3/t19-/m0/s1. The van der Waals surface area contributed by atoms with Crippen molar-refractivity contribution < 1.29 is 14.3 Å². The summed E-state index contributed by atoms with van der Waals surface area (Å²) in [5.74, 6) is 0.0115. The fourth-order valence-corrected chi connectivity index (χ4v) is 3.57. The van der Waals surface area contributed by atoms with Gasteiger partial charge in [-0.3, -0.25) is 9.69 Å². The number of nitriles is 1. The van der Waals surface area contributed by atoms with E-state index in [2.05, 4.69) is 6.07 Å². The van der Waals surface area contributed by atoms with Crippen LogP contribution in [0.1, 0.15) is 64.0 Å². The van der Waals surface area contributed by atoms with Gasteiger partial charge in [-0.2, -0.15) is 5.26 Å². The van der Waals surface area contributed by atoms with Crippen LogP contribution in [0.4, 0.5) is 4.79 Å². The molecule has 2 amide bonds. The average molecular weight is 383 g/mol. The number of nitrogens with zero attached hydrogens (tertiary/aromatic N) is 3. The molecule has 6 nitrogen and oxygen atoms in total. The van der Waals surface area contributed by atoms with Crippen molar-refractivity contribution in [3.63, 3.8) is 0 Å². The number of amides is 2. The van der Waals surface area contributed by atoms with E-state index < -0.39 is 17.7 Å². The normalized spacial score (nSPS) is 19.6. The molecule has 1 aliphatic carbocycles. The van der Waals surface area contributed by atoms with E-state index in [-0.39, 0.29) is 11.9 Å². The second-order valence-electron chi connectivity index (χ2n) is 8.69. The van der Waals surface area contributed by atoms with Crippen molar-refractivity contribution >= 4 is 12.0 Å². The van der Waals surface area contributed by atoms with Crippen LogP contribution in [-0.2, 0) is 16.1 Å². The van der Waals surface area contributed by atoms with Crippen LogP contribution < -0.4 is 0 Å². The van der Waals surface area contributed by atoms with Crippen molar-refractivity contribution in [3.05, 3.63) is 35.4 Å². The zero-order chi connectivity index (χ0) is 20.3. The SMILES string of the molecule is CC(C)(C)OC(=O)N1CCCC[C@H]1C(=O)N(Cc1ccc(C#N)cc1)C1CC1. The van der Waals surface area contributed by atoms with E-state index in [9.17, 15) is 9.59 Å². The van der Waals surface area contributed by atoms with Gasteiger partial charge in [-0.15, -0.1) is 0 Å². The van der Waals surface area contributed by atoms with Gasteiger partial charge in [0.05, 0.1) is 11.6 Å². The van der Waals surface area contributed by atoms with E-state index in [1.54, 1.807) is 17.0 Å². The Bertz CT molecular complexity index is 757. The molecule has 1 aliphatic heterocycles. The summed E-state index contributed by atoms with van der Waals surface area (Å²) >= 11 is 0. The second kappa shape index (κ2) is 8.22. The van der Waals surface area contributed by atoms with Crippen LogP contribution in [0.3, 0.4) is 0 Å². The topological polar surface area (TPSA) is 73.6 Å². The number of hydrogen-bond acceptors (Lipinski definition) is 4. The molecule has 0 unspecified atom stereocenters. The van der Waals surface area contributed by atoms with Gasteiger partial charge in [0.15, 0.2) is 0 Å². The molecule has 1 saturated carbocycles. The Morgan fingerprint density at radius 2 is 1.86 bits per heavy atom. The molecule has 6 heteroatoms. The Morgan fingerprint density at radius 1 is 1.18 bits per heavy atom. The van der Waals surface area contributed by atoms with Crippen molar-refractivity contribution in [3.8, 4) is 6.07 Å². The molecule has 1 heterocycles. The van der Waals surface area contributed by atoms with Gasteiger partial charge in [0.1, 0.15) is 11.6 Å². The Morgan fingerprint density at radius 3 is 2.43 bits per heavy atom. The predicted molar refractivity (Wildman–Crippen MR) is 105 cm³/mol. The number of rotatable bonds is 4. The van der Waals surface area contributed by atoms with Gasteiger partial charge in [0, 0.05) is 19.1 Å². The van der Waals surface area contributed by atoms with Crippen LogP contribution in [-0.4, -0.2) is 46.0 Å². The van der Waals surface area contributed by atoms with Crippen LogP contribution in [0.25, 0.3) is 0 Å². The van der Waals surface area contributed by atoms with E-state index in [0.717, 1.165) is 31.2 Å². The van der Waals surface area contributed by atoms with E-state index in [4.69, 9.17) is 10.00 Å². The maximum atomic E-state index is 13.4. The average Bonchev–Trinajstić information content (AvgIpc) is 3.50. The molecule has 1 aromatic rings. The van der Waals surface area contributed by atoms with Crippen LogP contribution in [0.5, 0.6) is 0 Å². The van der Waals surface area contributed by atoms with Crippen molar-refractivity contribution in [1.82, 2.24) is 9.80 Å². The summed E-state index contributed by atoms with van der Waals surface area (Å²) in [4.78, 5) is 29.6. The van der Waals surface area contributed by atoms with E-state index in [1.165, 1.54) is 0 Å². The molecule has 28 heavy (non-hydrogen) atoms. The smallest absolute Gasteiger partial charge is 0.410 e. The zero-order valence-electron chi connectivity index (χ0n) is 17.0. The number of carbonyl (C=O) groups excluding carboxylic acids is 2. The molecule has 0 bridgehead atoms. The fourth-order valence-electron chi connectivity index (χ4n) is 3.57. The van der Waals surface area contributed by atoms with Crippen molar-refractivity contribution in [2.24, 2.45) is 0 Å². The lowest BCUT2D eigenvalue weighted by molar-refractivity contribution is -0.139. The first-order valence-corrected chi connectivity index (χ1v) is 10.1. The first-order chi connectivity index (χ1) is 13.3. The molecule has 150 valence electrons. The Hall–Kier alpha value is -2.55. The zero-order valence-corrected chi connectivity index (χ0v) is 17.0. The summed E-state index contributed by atoms with van der Waals surface area (Å²) in [6, 6.07) is 9.25.